The van der Waals surface area contributed by atoms with Crippen molar-refractivity contribution in [3.8, 4) is 0 Å². The molecule has 1 amide bonds. The molecule has 4 heteroatoms. The molecule has 2 heterocycles. The smallest absolute Gasteiger partial charge is 0.260 e. The van der Waals surface area contributed by atoms with Gasteiger partial charge in [0.1, 0.15) is 0 Å². The van der Waals surface area contributed by atoms with Crippen LogP contribution in [0.1, 0.15) is 5.56 Å². The summed E-state index contributed by atoms with van der Waals surface area (Å²) >= 11 is 3.61. The molecular formula is C12H11NOS2. The van der Waals surface area contributed by atoms with E-state index >= 15 is 0 Å². The maximum absolute atomic E-state index is 12.2. The second-order valence-corrected chi connectivity index (χ2v) is 6.21. The molecule has 0 radical (unpaired) electrons. The quantitative estimate of drug-likeness (QED) is 0.659. The largest absolute Gasteiger partial charge is 0.311 e. The number of hydrogen-bond donors (Lipinski definition) is 0. The molecule has 1 saturated heterocycles. The Kier molecular flexibility index (Phi) is 2.48. The summed E-state index contributed by atoms with van der Waals surface area (Å²) in [4.78, 5) is 13.9. The molecule has 0 spiro atoms. The van der Waals surface area contributed by atoms with Crippen molar-refractivity contribution in [3.63, 3.8) is 0 Å². The summed E-state index contributed by atoms with van der Waals surface area (Å²) in [6.07, 6.45) is 0. The number of anilines is 1. The molecule has 2 aliphatic rings. The molecule has 0 bridgehead atoms. The van der Waals surface area contributed by atoms with Gasteiger partial charge in [0, 0.05) is 24.1 Å². The fourth-order valence-electron chi connectivity index (χ4n) is 2.02. The summed E-state index contributed by atoms with van der Waals surface area (Å²) in [5, 5.41) is 0. The van der Waals surface area contributed by atoms with E-state index in [0.29, 0.717) is 0 Å². The predicted molar refractivity (Wildman–Crippen MR) is 71.7 cm³/mol. The molecule has 2 nitrogen and oxygen atoms in total. The van der Waals surface area contributed by atoms with Gasteiger partial charge in [0.15, 0.2) is 0 Å². The van der Waals surface area contributed by atoms with E-state index in [1.165, 1.54) is 4.24 Å². The zero-order chi connectivity index (χ0) is 11.1. The zero-order valence-corrected chi connectivity index (χ0v) is 10.5. The number of likely N-dealkylation sites (N-methyl/N-ethyl adjacent to an activating group) is 1. The number of benzene rings is 1. The second-order valence-electron chi connectivity index (χ2n) is 3.74. The van der Waals surface area contributed by atoms with Crippen molar-refractivity contribution < 1.29 is 4.79 Å². The Balaban J connectivity index is 2.21. The number of rotatable bonds is 0. The predicted octanol–water partition coefficient (Wildman–Crippen LogP) is 2.81. The monoisotopic (exact) mass is 249 g/mol. The number of carbonyl (C=O) groups excluding carboxylic acids is 1. The zero-order valence-electron chi connectivity index (χ0n) is 8.90. The van der Waals surface area contributed by atoms with Crippen LogP contribution in [-0.4, -0.2) is 24.5 Å². The average molecular weight is 249 g/mol. The Labute approximate surface area is 103 Å². The lowest BCUT2D eigenvalue weighted by molar-refractivity contribution is -0.112. The molecule has 0 saturated carbocycles. The van der Waals surface area contributed by atoms with Crippen LogP contribution in [-0.2, 0) is 4.79 Å². The summed E-state index contributed by atoms with van der Waals surface area (Å²) in [6.45, 7) is 0. The van der Waals surface area contributed by atoms with Gasteiger partial charge in [0.25, 0.3) is 5.91 Å². The van der Waals surface area contributed by atoms with Crippen LogP contribution in [0.5, 0.6) is 0 Å². The van der Waals surface area contributed by atoms with Crippen molar-refractivity contribution in [2.75, 3.05) is 23.5 Å². The van der Waals surface area contributed by atoms with Crippen molar-refractivity contribution in [2.24, 2.45) is 0 Å². The minimum Gasteiger partial charge on any atom is -0.311 e. The highest BCUT2D eigenvalue weighted by Gasteiger charge is 2.33. The molecule has 0 N–H and O–H groups in total. The topological polar surface area (TPSA) is 20.3 Å². The number of carbonyl (C=O) groups is 1. The Morgan fingerprint density at radius 1 is 1.19 bits per heavy atom. The molecule has 1 aromatic carbocycles. The van der Waals surface area contributed by atoms with Gasteiger partial charge >= 0.3 is 0 Å². The van der Waals surface area contributed by atoms with Gasteiger partial charge < -0.3 is 4.90 Å². The fourth-order valence-corrected chi connectivity index (χ4v) is 4.58. The molecule has 3 rings (SSSR count). The van der Waals surface area contributed by atoms with Crippen LogP contribution in [0.25, 0.3) is 5.57 Å². The minimum absolute atomic E-state index is 0.137. The number of fused-ring (bicyclic) bond motifs is 1. The van der Waals surface area contributed by atoms with E-state index in [1.807, 2.05) is 31.3 Å². The van der Waals surface area contributed by atoms with Gasteiger partial charge in [0.05, 0.1) is 15.5 Å². The first-order chi connectivity index (χ1) is 7.79. The standard InChI is InChI=1S/C12H11NOS2/c1-13-9-5-3-2-4-8(9)10(11(13)14)12-15-6-7-16-12/h2-5H,6-7H2,1H3. The van der Waals surface area contributed by atoms with Crippen molar-refractivity contribution in [3.05, 3.63) is 34.1 Å². The minimum atomic E-state index is 0.137. The Morgan fingerprint density at radius 3 is 2.62 bits per heavy atom. The number of nitrogens with zero attached hydrogens (tertiary/aromatic N) is 1. The van der Waals surface area contributed by atoms with Crippen molar-refractivity contribution >= 4 is 40.7 Å². The van der Waals surface area contributed by atoms with Crippen LogP contribution in [0.3, 0.4) is 0 Å². The van der Waals surface area contributed by atoms with Crippen molar-refractivity contribution in [2.45, 2.75) is 0 Å². The van der Waals surface area contributed by atoms with E-state index in [-0.39, 0.29) is 5.91 Å². The van der Waals surface area contributed by atoms with Gasteiger partial charge in [-0.1, -0.05) is 18.2 Å². The number of hydrogen-bond acceptors (Lipinski definition) is 3. The highest BCUT2D eigenvalue weighted by molar-refractivity contribution is 8.25. The molecule has 2 aliphatic heterocycles. The van der Waals surface area contributed by atoms with E-state index in [4.69, 9.17) is 0 Å². The summed E-state index contributed by atoms with van der Waals surface area (Å²) in [6, 6.07) is 8.02. The molecule has 0 unspecified atom stereocenters. The van der Waals surface area contributed by atoms with Crippen molar-refractivity contribution in [1.82, 2.24) is 0 Å². The van der Waals surface area contributed by atoms with Gasteiger partial charge in [-0.25, -0.2) is 0 Å². The van der Waals surface area contributed by atoms with Crippen LogP contribution >= 0.6 is 23.5 Å². The summed E-state index contributed by atoms with van der Waals surface area (Å²) in [5.74, 6) is 2.36. The highest BCUT2D eigenvalue weighted by Crippen LogP contribution is 2.47. The van der Waals surface area contributed by atoms with Crippen LogP contribution in [0.15, 0.2) is 28.5 Å². The van der Waals surface area contributed by atoms with Crippen LogP contribution in [0.2, 0.25) is 0 Å². The summed E-state index contributed by atoms with van der Waals surface area (Å²) < 4.78 is 1.20. The molecule has 16 heavy (non-hydrogen) atoms. The van der Waals surface area contributed by atoms with E-state index in [0.717, 1.165) is 28.3 Å². The lowest BCUT2D eigenvalue weighted by Crippen LogP contribution is -2.20. The maximum atomic E-state index is 12.2. The van der Waals surface area contributed by atoms with Gasteiger partial charge in [0.2, 0.25) is 0 Å². The molecule has 0 aliphatic carbocycles. The third-order valence-corrected chi connectivity index (χ3v) is 5.52. The molecule has 1 aromatic rings. The number of amides is 1. The molecule has 0 aromatic heterocycles. The molecular weight excluding hydrogens is 238 g/mol. The molecule has 1 fully saturated rings. The van der Waals surface area contributed by atoms with E-state index in [1.54, 1.807) is 28.4 Å². The number of thioether (sulfide) groups is 2. The fraction of sp³-hybridized carbons (Fsp3) is 0.250. The molecule has 82 valence electrons. The maximum Gasteiger partial charge on any atom is 0.260 e. The summed E-state index contributed by atoms with van der Waals surface area (Å²) in [5.41, 5.74) is 3.03. The summed E-state index contributed by atoms with van der Waals surface area (Å²) in [7, 11) is 1.85. The average Bonchev–Trinajstić information content (AvgIpc) is 2.89. The van der Waals surface area contributed by atoms with Gasteiger partial charge in [-0.05, 0) is 6.07 Å². The van der Waals surface area contributed by atoms with Crippen LogP contribution < -0.4 is 4.90 Å². The normalized spacial score (nSPS) is 19.6. The van der Waals surface area contributed by atoms with Gasteiger partial charge in [-0.2, -0.15) is 0 Å². The van der Waals surface area contributed by atoms with E-state index in [9.17, 15) is 4.79 Å². The Hall–Kier alpha value is -0.870. The first-order valence-corrected chi connectivity index (χ1v) is 7.13. The first kappa shape index (κ1) is 10.3. The second kappa shape index (κ2) is 3.86. The van der Waals surface area contributed by atoms with Gasteiger partial charge in [-0.3, -0.25) is 4.79 Å². The van der Waals surface area contributed by atoms with E-state index < -0.39 is 0 Å². The lowest BCUT2D eigenvalue weighted by atomic mass is 10.1. The number of para-hydroxylation sites is 1. The molecule has 0 atom stereocenters. The first-order valence-electron chi connectivity index (χ1n) is 5.16. The van der Waals surface area contributed by atoms with Crippen LogP contribution in [0, 0.1) is 0 Å². The Morgan fingerprint density at radius 2 is 1.88 bits per heavy atom. The Bertz CT molecular complexity index is 488. The SMILES string of the molecule is CN1C(=O)C(=C2SCCS2)c2ccccc21. The third-order valence-electron chi connectivity index (χ3n) is 2.81. The lowest BCUT2D eigenvalue weighted by Gasteiger charge is -2.08. The highest BCUT2D eigenvalue weighted by atomic mass is 32.2. The van der Waals surface area contributed by atoms with Crippen LogP contribution in [0.4, 0.5) is 5.69 Å². The van der Waals surface area contributed by atoms with Gasteiger partial charge in [-0.15, -0.1) is 23.5 Å². The van der Waals surface area contributed by atoms with Crippen molar-refractivity contribution in [1.29, 1.82) is 0 Å². The van der Waals surface area contributed by atoms with E-state index in [2.05, 4.69) is 0 Å². The third kappa shape index (κ3) is 1.40.